The van der Waals surface area contributed by atoms with Crippen molar-refractivity contribution in [1.29, 1.82) is 0 Å². The minimum atomic E-state index is -1.08. The van der Waals surface area contributed by atoms with Crippen molar-refractivity contribution in [1.82, 2.24) is 35.6 Å². The summed E-state index contributed by atoms with van der Waals surface area (Å²) in [5.74, 6) is -1.69. The molecule has 1 aliphatic rings. The number of imidazole rings is 1. The van der Waals surface area contributed by atoms with Gasteiger partial charge in [0.05, 0.1) is 31.6 Å². The Labute approximate surface area is 270 Å². The van der Waals surface area contributed by atoms with Crippen LogP contribution < -0.4 is 37.1 Å². The van der Waals surface area contributed by atoms with Gasteiger partial charge in [-0.1, -0.05) is 6.92 Å². The summed E-state index contributed by atoms with van der Waals surface area (Å²) in [6.45, 7) is 4.67. The van der Waals surface area contributed by atoms with E-state index in [-0.39, 0.29) is 36.2 Å². The summed E-state index contributed by atoms with van der Waals surface area (Å²) in [7, 11) is 1.27. The van der Waals surface area contributed by atoms with E-state index in [0.717, 1.165) is 31.0 Å². The molecule has 47 heavy (non-hydrogen) atoms. The first-order chi connectivity index (χ1) is 22.8. The zero-order chi connectivity index (χ0) is 33.3. The largest absolute Gasteiger partial charge is 0.494 e. The number of halogens is 2. The van der Waals surface area contributed by atoms with E-state index in [1.54, 1.807) is 22.7 Å². The number of aryl methyl sites for hydroxylation is 1. The van der Waals surface area contributed by atoms with Crippen LogP contribution in [0.2, 0.25) is 0 Å². The lowest BCUT2D eigenvalue weighted by Crippen LogP contribution is -2.44. The third-order valence-corrected chi connectivity index (χ3v) is 7.67. The van der Waals surface area contributed by atoms with Crippen LogP contribution in [0.5, 0.6) is 5.75 Å². The van der Waals surface area contributed by atoms with Crippen molar-refractivity contribution in [2.75, 3.05) is 45.2 Å². The van der Waals surface area contributed by atoms with Crippen LogP contribution in [-0.4, -0.2) is 78.0 Å². The number of methoxy groups -OCH3 is 1. The predicted molar refractivity (Wildman–Crippen MR) is 175 cm³/mol. The number of carbonyl (C=O) groups is 2. The number of hydrogen-bond donors (Lipinski definition) is 6. The summed E-state index contributed by atoms with van der Waals surface area (Å²) in [5.41, 5.74) is 8.72. The minimum absolute atomic E-state index is 0.0236. The van der Waals surface area contributed by atoms with E-state index < -0.39 is 17.7 Å². The molecular weight excluding hydrogens is 610 g/mol. The number of anilines is 2. The van der Waals surface area contributed by atoms with Gasteiger partial charge in [-0.3, -0.25) is 19.0 Å². The van der Waals surface area contributed by atoms with E-state index in [0.29, 0.717) is 47.8 Å². The van der Waals surface area contributed by atoms with E-state index >= 15 is 0 Å². The monoisotopic (exact) mass is 648 g/mol. The number of nitrogens with zero attached hydrogens (tertiary/aromatic N) is 4. The van der Waals surface area contributed by atoms with E-state index in [4.69, 9.17) is 10.5 Å². The van der Waals surface area contributed by atoms with Gasteiger partial charge in [-0.25, -0.2) is 14.4 Å². The Hall–Kier alpha value is -5.31. The second kappa shape index (κ2) is 15.3. The lowest BCUT2D eigenvalue weighted by Gasteiger charge is -2.14. The molecule has 248 valence electrons. The lowest BCUT2D eigenvalue weighted by atomic mass is 10.0. The second-order valence-corrected chi connectivity index (χ2v) is 10.8. The molecule has 3 heterocycles. The van der Waals surface area contributed by atoms with E-state index in [1.807, 2.05) is 13.0 Å². The number of hydrogen-bond acceptors (Lipinski definition) is 10. The average Bonchev–Trinajstić information content (AvgIpc) is 3.77. The molecule has 1 atom stereocenters. The van der Waals surface area contributed by atoms with Gasteiger partial charge < -0.3 is 37.1 Å². The topological polar surface area (TPSA) is 172 Å². The first kappa shape index (κ1) is 33.1. The van der Waals surface area contributed by atoms with Crippen LogP contribution in [0.4, 0.5) is 20.3 Å². The van der Waals surface area contributed by atoms with Crippen LogP contribution >= 0.6 is 0 Å². The molecule has 1 aliphatic heterocycles. The number of fused-ring (bicyclic) bond motifs is 1. The third kappa shape index (κ3) is 7.74. The summed E-state index contributed by atoms with van der Waals surface area (Å²) in [6, 6.07) is 7.44. The summed E-state index contributed by atoms with van der Waals surface area (Å²) >= 11 is 0. The lowest BCUT2D eigenvalue weighted by molar-refractivity contribution is -0.122. The number of benzene rings is 2. The van der Waals surface area contributed by atoms with Crippen molar-refractivity contribution in [2.45, 2.75) is 32.2 Å². The molecule has 0 aliphatic carbocycles. The molecule has 0 fully saturated rings. The zero-order valence-corrected chi connectivity index (χ0v) is 26.2. The zero-order valence-electron chi connectivity index (χ0n) is 26.2. The first-order valence-electron chi connectivity index (χ1n) is 15.4. The fourth-order valence-electron chi connectivity index (χ4n) is 5.18. The number of carbonyl (C=O) groups excluding carboxylic acids is 2. The molecule has 2 aromatic heterocycles. The summed E-state index contributed by atoms with van der Waals surface area (Å²) in [4.78, 5) is 38.4. The van der Waals surface area contributed by atoms with E-state index in [9.17, 15) is 18.4 Å². The Morgan fingerprint density at radius 2 is 1.94 bits per heavy atom. The molecule has 2 aromatic carbocycles. The van der Waals surface area contributed by atoms with Crippen LogP contribution in [0.15, 0.2) is 53.9 Å². The Bertz CT molecular complexity index is 1780. The van der Waals surface area contributed by atoms with Crippen molar-refractivity contribution < 1.29 is 23.1 Å². The molecular formula is C32H38F2N10O3. The third-order valence-electron chi connectivity index (χ3n) is 7.67. The van der Waals surface area contributed by atoms with Gasteiger partial charge in [0.2, 0.25) is 11.7 Å². The SMILES string of the molecule is CCc1cc(Nc2nccn3c(-c4ccc(OC)c(F)c4F)cnc23)ccc1C(=O)NCCNC(=O)[C@@H](N)CCCNC1=NCCN1. The maximum absolute atomic E-state index is 14.8. The van der Waals surface area contributed by atoms with Crippen molar-refractivity contribution in [3.8, 4) is 17.0 Å². The fourth-order valence-corrected chi connectivity index (χ4v) is 5.18. The van der Waals surface area contributed by atoms with Gasteiger partial charge in [-0.05, 0) is 55.2 Å². The van der Waals surface area contributed by atoms with Crippen LogP contribution in [0, 0.1) is 11.6 Å². The quantitative estimate of drug-likeness (QED) is 0.112. The Morgan fingerprint density at radius 1 is 1.11 bits per heavy atom. The predicted octanol–water partition coefficient (Wildman–Crippen LogP) is 2.49. The number of amides is 2. The van der Waals surface area contributed by atoms with Crippen molar-refractivity contribution in [3.05, 3.63) is 71.7 Å². The van der Waals surface area contributed by atoms with Crippen LogP contribution in [0.3, 0.4) is 0 Å². The standard InChI is InChI=1S/C32H38F2N10O3/c1-3-19-17-20(43-28-29-42-18-24(44(29)16-15-36-28)22-8-9-25(47-2)27(34)26(22)33)6-7-21(19)30(45)37-11-12-38-31(46)23(35)5-4-10-39-32-40-13-14-41-32/h6-9,15-18,23H,3-5,10-14,35H2,1-2H3,(H,36,43)(H,37,45)(H,38,46)(H2,39,40,41)/t23-/m0/s1. The van der Waals surface area contributed by atoms with Gasteiger partial charge in [-0.2, -0.15) is 4.39 Å². The highest BCUT2D eigenvalue weighted by atomic mass is 19.2. The number of aliphatic imine (C=N–C) groups is 1. The highest BCUT2D eigenvalue weighted by molar-refractivity contribution is 5.96. The van der Waals surface area contributed by atoms with Gasteiger partial charge >= 0.3 is 0 Å². The van der Waals surface area contributed by atoms with Gasteiger partial charge in [-0.15, -0.1) is 0 Å². The average molecular weight is 649 g/mol. The molecule has 7 N–H and O–H groups in total. The van der Waals surface area contributed by atoms with Gasteiger partial charge in [0.25, 0.3) is 5.91 Å². The number of rotatable bonds is 14. The first-order valence-corrected chi connectivity index (χ1v) is 15.4. The van der Waals surface area contributed by atoms with Crippen molar-refractivity contribution in [2.24, 2.45) is 10.7 Å². The number of guanidine groups is 1. The van der Waals surface area contributed by atoms with E-state index in [1.165, 1.54) is 31.6 Å². The molecule has 0 saturated heterocycles. The Morgan fingerprint density at radius 3 is 2.70 bits per heavy atom. The molecule has 0 radical (unpaired) electrons. The normalized spacial score (nSPS) is 13.1. The van der Waals surface area contributed by atoms with Gasteiger partial charge in [0.15, 0.2) is 29.0 Å². The molecule has 0 spiro atoms. The second-order valence-electron chi connectivity index (χ2n) is 10.8. The molecule has 0 bridgehead atoms. The molecule has 2 amide bonds. The Balaban J connectivity index is 1.15. The fraction of sp³-hybridized carbons (Fsp3) is 0.344. The highest BCUT2D eigenvalue weighted by Gasteiger charge is 2.20. The minimum Gasteiger partial charge on any atom is -0.494 e. The van der Waals surface area contributed by atoms with Crippen molar-refractivity contribution >= 4 is 34.9 Å². The molecule has 5 rings (SSSR count). The molecule has 15 heteroatoms. The smallest absolute Gasteiger partial charge is 0.251 e. The molecule has 0 saturated carbocycles. The number of nitrogens with two attached hydrogens (primary N) is 1. The maximum Gasteiger partial charge on any atom is 0.251 e. The van der Waals surface area contributed by atoms with Crippen LogP contribution in [-0.2, 0) is 11.2 Å². The molecule has 0 unspecified atom stereocenters. The number of nitrogens with one attached hydrogen (secondary N) is 5. The van der Waals surface area contributed by atoms with Gasteiger partial charge in [0.1, 0.15) is 0 Å². The molecule has 4 aromatic rings. The van der Waals surface area contributed by atoms with Crippen LogP contribution in [0.1, 0.15) is 35.7 Å². The van der Waals surface area contributed by atoms with Gasteiger partial charge in [0, 0.05) is 55.4 Å². The summed E-state index contributed by atoms with van der Waals surface area (Å²) < 4.78 is 35.7. The highest BCUT2D eigenvalue weighted by Crippen LogP contribution is 2.31. The number of aromatic nitrogens is 3. The number of ether oxygens (including phenoxy) is 1. The summed E-state index contributed by atoms with van der Waals surface area (Å²) in [6.07, 6.45) is 6.39. The Kier molecular flexibility index (Phi) is 10.8. The van der Waals surface area contributed by atoms with E-state index in [2.05, 4.69) is 41.5 Å². The molecule has 13 nitrogen and oxygen atoms in total. The van der Waals surface area contributed by atoms with Crippen molar-refractivity contribution in [3.63, 3.8) is 0 Å². The summed E-state index contributed by atoms with van der Waals surface area (Å²) in [5, 5.41) is 15.1. The maximum atomic E-state index is 14.8. The van der Waals surface area contributed by atoms with Crippen LogP contribution in [0.25, 0.3) is 16.9 Å².